The Balaban J connectivity index is 1.40. The van der Waals surface area contributed by atoms with Crippen LogP contribution in [0.15, 0.2) is 48.0 Å². The number of piperidine rings is 2. The number of amides is 3. The molecule has 0 bridgehead atoms. The highest BCUT2D eigenvalue weighted by Crippen LogP contribution is 2.45. The van der Waals surface area contributed by atoms with E-state index < -0.39 is 69.9 Å². The smallest absolute Gasteiger partial charge is 0.425 e. The van der Waals surface area contributed by atoms with Gasteiger partial charge >= 0.3 is 18.3 Å². The second kappa shape index (κ2) is 16.8. The number of carbonyl (C=O) groups is 4. The molecule has 6 rings (SSSR count). The zero-order valence-corrected chi connectivity index (χ0v) is 32.4. The van der Waals surface area contributed by atoms with Gasteiger partial charge in [0.25, 0.3) is 11.8 Å². The standard InChI is InChI=1S/C39H41ClF6N4O6S/c1-2-5-30-37(56-26-21-31(57-22-26)39(44,45)46,14-4-16-50(30)34(52)33-28(38(41,42)43)6-3-15-47-33)36(55)49-19-13-24-20-25(40)7-8-27(24)29(49)9-10-32(51)48-17-11-23(12-18-48)35(53)54/h3,6-8,15,20-23,29-30H,2,4-5,9-14,16-19H2,1H3,(H,53,54)/t29-,30+,37+/m0/s1. The van der Waals surface area contributed by atoms with Gasteiger partial charge in [0.05, 0.1) is 23.6 Å². The van der Waals surface area contributed by atoms with Gasteiger partial charge in [-0.05, 0) is 73.9 Å². The lowest BCUT2D eigenvalue weighted by Crippen LogP contribution is -2.68. The zero-order valence-electron chi connectivity index (χ0n) is 30.9. The Labute approximate surface area is 333 Å². The number of alkyl halides is 6. The van der Waals surface area contributed by atoms with E-state index in [1.165, 1.54) is 4.90 Å². The minimum absolute atomic E-state index is 0.0372. The average Bonchev–Trinajstić information content (AvgIpc) is 3.66. The van der Waals surface area contributed by atoms with Gasteiger partial charge in [0.15, 0.2) is 0 Å². The Morgan fingerprint density at radius 3 is 2.37 bits per heavy atom. The first kappa shape index (κ1) is 42.2. The molecule has 3 aliphatic rings. The first-order valence-electron chi connectivity index (χ1n) is 18.7. The van der Waals surface area contributed by atoms with Crippen LogP contribution < -0.4 is 4.74 Å². The Hall–Kier alpha value is -4.38. The molecule has 57 heavy (non-hydrogen) atoms. The van der Waals surface area contributed by atoms with Crippen LogP contribution in [0.25, 0.3) is 0 Å². The Morgan fingerprint density at radius 1 is 0.982 bits per heavy atom. The maximum Gasteiger partial charge on any atom is 0.425 e. The molecule has 2 fully saturated rings. The fraction of sp³-hybridized carbons (Fsp3) is 0.513. The third-order valence-electron chi connectivity index (χ3n) is 11.1. The van der Waals surface area contributed by atoms with Gasteiger partial charge < -0.3 is 24.5 Å². The number of hydrogen-bond acceptors (Lipinski definition) is 7. The molecule has 1 N–H and O–H groups in total. The van der Waals surface area contributed by atoms with Crippen LogP contribution >= 0.6 is 22.9 Å². The van der Waals surface area contributed by atoms with Gasteiger partial charge in [0, 0.05) is 61.7 Å². The summed E-state index contributed by atoms with van der Waals surface area (Å²) in [5.74, 6) is -3.80. The van der Waals surface area contributed by atoms with Gasteiger partial charge in [-0.15, -0.1) is 11.3 Å². The topological polar surface area (TPSA) is 120 Å². The molecule has 0 radical (unpaired) electrons. The van der Waals surface area contributed by atoms with E-state index in [1.807, 2.05) is 0 Å². The van der Waals surface area contributed by atoms with Crippen molar-refractivity contribution in [3.05, 3.63) is 80.3 Å². The van der Waals surface area contributed by atoms with Gasteiger partial charge in [-0.25, -0.2) is 0 Å². The number of rotatable bonds is 10. The van der Waals surface area contributed by atoms with Crippen molar-refractivity contribution in [3.63, 3.8) is 0 Å². The highest BCUT2D eigenvalue weighted by atomic mass is 35.5. The summed E-state index contributed by atoms with van der Waals surface area (Å²) in [5.41, 5.74) is -2.72. The Bertz CT molecular complexity index is 1990. The van der Waals surface area contributed by atoms with Crippen molar-refractivity contribution in [2.24, 2.45) is 5.92 Å². The SMILES string of the molecule is CCC[C@H]1N(C(=O)c2ncccc2C(F)(F)F)CCC[C@]1(Oc1csc(C(F)(F)F)c1)C(=O)N1CCc2cc(Cl)ccc2[C@@H]1CCC(=O)N1CCC(C(=O)O)CC1. The number of carbonyl (C=O) groups excluding carboxylic acids is 3. The van der Waals surface area contributed by atoms with Crippen molar-refractivity contribution in [3.8, 4) is 5.75 Å². The van der Waals surface area contributed by atoms with Crippen LogP contribution in [0.2, 0.25) is 5.02 Å². The number of halogens is 7. The van der Waals surface area contributed by atoms with Crippen LogP contribution in [-0.2, 0) is 33.2 Å². The molecular weight excluding hydrogens is 802 g/mol. The van der Waals surface area contributed by atoms with Crippen LogP contribution in [0.5, 0.6) is 5.75 Å². The van der Waals surface area contributed by atoms with Crippen LogP contribution in [0.4, 0.5) is 26.3 Å². The Morgan fingerprint density at radius 2 is 1.72 bits per heavy atom. The number of carboxylic acid groups (broad SMARTS) is 1. The van der Waals surface area contributed by atoms with E-state index in [-0.39, 0.29) is 69.9 Å². The summed E-state index contributed by atoms with van der Waals surface area (Å²) in [6, 6.07) is 5.68. The molecule has 3 aromatic rings. The minimum Gasteiger partial charge on any atom is -0.481 e. The summed E-state index contributed by atoms with van der Waals surface area (Å²) < 4.78 is 90.5. The number of thiophene rings is 1. The van der Waals surface area contributed by atoms with E-state index in [1.54, 1.807) is 30.0 Å². The molecule has 5 heterocycles. The third-order valence-corrected chi connectivity index (χ3v) is 12.3. The zero-order chi connectivity index (χ0) is 41.3. The predicted octanol–water partition coefficient (Wildman–Crippen LogP) is 8.29. The quantitative estimate of drug-likeness (QED) is 0.204. The Kier molecular flexibility index (Phi) is 12.5. The van der Waals surface area contributed by atoms with E-state index in [9.17, 15) is 45.8 Å². The maximum atomic E-state index is 15.5. The van der Waals surface area contributed by atoms with Crippen molar-refractivity contribution >= 4 is 46.6 Å². The lowest BCUT2D eigenvalue weighted by atomic mass is 9.78. The van der Waals surface area contributed by atoms with E-state index in [4.69, 9.17) is 16.3 Å². The number of hydrogen-bond donors (Lipinski definition) is 1. The fourth-order valence-corrected chi connectivity index (χ4v) is 9.22. The van der Waals surface area contributed by atoms with Gasteiger partial charge in [-0.2, -0.15) is 26.3 Å². The van der Waals surface area contributed by atoms with E-state index in [2.05, 4.69) is 4.98 Å². The van der Waals surface area contributed by atoms with Crippen molar-refractivity contribution in [1.82, 2.24) is 19.7 Å². The highest BCUT2D eigenvalue weighted by Gasteiger charge is 2.57. The number of nitrogens with zero attached hydrogens (tertiary/aromatic N) is 4. The van der Waals surface area contributed by atoms with Gasteiger partial charge in [-0.1, -0.05) is 31.0 Å². The first-order valence-corrected chi connectivity index (χ1v) is 20.0. The van der Waals surface area contributed by atoms with Crippen molar-refractivity contribution in [1.29, 1.82) is 0 Å². The number of aliphatic carboxylic acids is 1. The molecule has 308 valence electrons. The van der Waals surface area contributed by atoms with Gasteiger partial charge in [0.1, 0.15) is 16.3 Å². The van der Waals surface area contributed by atoms with Gasteiger partial charge in [0.2, 0.25) is 11.5 Å². The second-order valence-electron chi connectivity index (χ2n) is 14.6. The molecule has 3 aliphatic heterocycles. The van der Waals surface area contributed by atoms with Crippen molar-refractivity contribution < 1.29 is 55.4 Å². The number of benzene rings is 1. The normalized spacial score (nSPS) is 21.9. The van der Waals surface area contributed by atoms with Crippen LogP contribution in [0.3, 0.4) is 0 Å². The molecular formula is C39H41ClF6N4O6S. The van der Waals surface area contributed by atoms with Crippen LogP contribution in [-0.4, -0.2) is 86.3 Å². The second-order valence-corrected chi connectivity index (χ2v) is 15.9. The van der Waals surface area contributed by atoms with Crippen LogP contribution in [0, 0.1) is 5.92 Å². The van der Waals surface area contributed by atoms with E-state index in [0.717, 1.165) is 40.2 Å². The number of likely N-dealkylation sites (tertiary alicyclic amines) is 2. The first-order chi connectivity index (χ1) is 26.9. The molecule has 2 aromatic heterocycles. The maximum absolute atomic E-state index is 15.5. The number of carboxylic acids is 1. The van der Waals surface area contributed by atoms with Crippen molar-refractivity contribution in [2.75, 3.05) is 26.2 Å². The largest absolute Gasteiger partial charge is 0.481 e. The number of fused-ring (bicyclic) bond motifs is 1. The summed E-state index contributed by atoms with van der Waals surface area (Å²) in [7, 11) is 0. The molecule has 2 saturated heterocycles. The lowest BCUT2D eigenvalue weighted by molar-refractivity contribution is -0.163. The molecule has 0 spiro atoms. The highest BCUT2D eigenvalue weighted by molar-refractivity contribution is 7.10. The number of ether oxygens (including phenoxy) is 1. The molecule has 1 aromatic carbocycles. The lowest BCUT2D eigenvalue weighted by Gasteiger charge is -2.51. The summed E-state index contributed by atoms with van der Waals surface area (Å²) >= 11 is 6.70. The number of pyridine rings is 1. The molecule has 0 saturated carbocycles. The third kappa shape index (κ3) is 8.88. The summed E-state index contributed by atoms with van der Waals surface area (Å²) in [6.07, 6.45) is -7.32. The van der Waals surface area contributed by atoms with E-state index in [0.29, 0.717) is 47.6 Å². The van der Waals surface area contributed by atoms with Crippen molar-refractivity contribution in [2.45, 2.75) is 94.7 Å². The molecule has 18 heteroatoms. The van der Waals surface area contributed by atoms with E-state index >= 15 is 4.79 Å². The van der Waals surface area contributed by atoms with Crippen LogP contribution in [0.1, 0.15) is 96.4 Å². The molecule has 0 unspecified atom stereocenters. The minimum atomic E-state index is -4.94. The van der Waals surface area contributed by atoms with Gasteiger partial charge in [-0.3, -0.25) is 24.2 Å². The average molecular weight is 843 g/mol. The fourth-order valence-electron chi connectivity index (χ4n) is 8.35. The summed E-state index contributed by atoms with van der Waals surface area (Å²) in [6.45, 7) is 2.24. The molecule has 0 aliphatic carbocycles. The summed E-state index contributed by atoms with van der Waals surface area (Å²) in [4.78, 5) is 61.8. The molecule has 3 atom stereocenters. The predicted molar refractivity (Wildman–Crippen MR) is 197 cm³/mol. The molecule has 10 nitrogen and oxygen atoms in total. The summed E-state index contributed by atoms with van der Waals surface area (Å²) in [5, 5.41) is 11.0. The number of aromatic nitrogens is 1. The monoisotopic (exact) mass is 842 g/mol. The molecule has 3 amide bonds.